The van der Waals surface area contributed by atoms with Crippen molar-refractivity contribution in [3.8, 4) is 0 Å². The lowest BCUT2D eigenvalue weighted by molar-refractivity contribution is -0.119. The van der Waals surface area contributed by atoms with E-state index in [0.29, 0.717) is 6.29 Å². The second-order valence-corrected chi connectivity index (χ2v) is 3.35. The Hall–Kier alpha value is -0.470. The highest BCUT2D eigenvalue weighted by molar-refractivity contribution is 5.57. The van der Waals surface area contributed by atoms with Crippen LogP contribution in [0, 0.1) is 5.41 Å². The van der Waals surface area contributed by atoms with E-state index in [-0.39, 0.29) is 6.42 Å². The molecule has 60 valence electrons. The summed E-state index contributed by atoms with van der Waals surface area (Å²) in [7, 11) is 0. The third-order valence-electron chi connectivity index (χ3n) is 1.09. The van der Waals surface area contributed by atoms with Crippen LogP contribution in [0.5, 0.6) is 0 Å². The van der Waals surface area contributed by atoms with Gasteiger partial charge in [-0.05, 0) is 6.92 Å². The van der Waals surface area contributed by atoms with Crippen LogP contribution in [0.3, 0.4) is 0 Å². The number of halogens is 2. The Morgan fingerprint density at radius 1 is 1.30 bits per heavy atom. The maximum absolute atomic E-state index is 12.2. The minimum Gasteiger partial charge on any atom is -0.303 e. The number of hydrogen-bond acceptors (Lipinski definition) is 1. The Kier molecular flexibility index (Phi) is 2.52. The molecule has 0 aliphatic heterocycles. The van der Waals surface area contributed by atoms with Gasteiger partial charge in [-0.25, -0.2) is 8.78 Å². The van der Waals surface area contributed by atoms with Crippen LogP contribution in [-0.4, -0.2) is 12.2 Å². The molecule has 0 rings (SSSR count). The van der Waals surface area contributed by atoms with Gasteiger partial charge in [-0.1, -0.05) is 13.8 Å². The van der Waals surface area contributed by atoms with Gasteiger partial charge < -0.3 is 4.79 Å². The van der Waals surface area contributed by atoms with Crippen LogP contribution in [0.15, 0.2) is 0 Å². The molecule has 0 fully saturated rings. The average Bonchev–Trinajstić information content (AvgIpc) is 1.60. The van der Waals surface area contributed by atoms with Crippen LogP contribution in [0.25, 0.3) is 0 Å². The smallest absolute Gasteiger partial charge is 0.246 e. The van der Waals surface area contributed by atoms with E-state index in [9.17, 15) is 13.6 Å². The topological polar surface area (TPSA) is 17.1 Å². The molecule has 0 atom stereocenters. The lowest BCUT2D eigenvalue weighted by Crippen LogP contribution is -2.24. The average molecular weight is 150 g/mol. The van der Waals surface area contributed by atoms with E-state index >= 15 is 0 Å². The van der Waals surface area contributed by atoms with Gasteiger partial charge in [0.05, 0.1) is 0 Å². The van der Waals surface area contributed by atoms with Crippen LogP contribution >= 0.6 is 0 Å². The zero-order valence-corrected chi connectivity index (χ0v) is 6.45. The van der Waals surface area contributed by atoms with Crippen molar-refractivity contribution in [3.63, 3.8) is 0 Å². The van der Waals surface area contributed by atoms with Crippen LogP contribution in [0.2, 0.25) is 0 Å². The Morgan fingerprint density at radius 3 is 1.80 bits per heavy atom. The van der Waals surface area contributed by atoms with Crippen LogP contribution in [0.4, 0.5) is 8.78 Å². The van der Waals surface area contributed by atoms with Gasteiger partial charge in [-0.15, -0.1) is 0 Å². The molecule has 0 bridgehead atoms. The van der Waals surface area contributed by atoms with Gasteiger partial charge in [-0.3, -0.25) is 0 Å². The monoisotopic (exact) mass is 150 g/mol. The summed E-state index contributed by atoms with van der Waals surface area (Å²) in [5.41, 5.74) is -0.905. The van der Waals surface area contributed by atoms with Gasteiger partial charge in [0.25, 0.3) is 0 Å². The molecule has 0 aromatic carbocycles. The van der Waals surface area contributed by atoms with Gasteiger partial charge in [0.15, 0.2) is 0 Å². The first-order valence-corrected chi connectivity index (χ1v) is 3.11. The molecule has 3 heteroatoms. The molecule has 10 heavy (non-hydrogen) atoms. The third kappa shape index (κ3) is 4.41. The fraction of sp³-hybridized carbons (Fsp3) is 0.857. The summed E-state index contributed by atoms with van der Waals surface area (Å²) in [6.07, 6.45) is 0.175. The molecule has 0 aliphatic carbocycles. The SMILES string of the molecule is CC(F)(F)CC(C)(C)C=O. The van der Waals surface area contributed by atoms with Crippen molar-refractivity contribution in [2.45, 2.75) is 33.1 Å². The molecule has 0 saturated heterocycles. The molecule has 0 aromatic rings. The van der Waals surface area contributed by atoms with E-state index in [1.807, 2.05) is 0 Å². The maximum Gasteiger partial charge on any atom is 0.246 e. The zero-order valence-electron chi connectivity index (χ0n) is 6.45. The van der Waals surface area contributed by atoms with Crippen molar-refractivity contribution in [3.05, 3.63) is 0 Å². The van der Waals surface area contributed by atoms with Crippen LogP contribution in [-0.2, 0) is 4.79 Å². The molecular weight excluding hydrogens is 138 g/mol. The fourth-order valence-corrected chi connectivity index (χ4v) is 0.842. The van der Waals surface area contributed by atoms with E-state index in [1.54, 1.807) is 0 Å². The van der Waals surface area contributed by atoms with Crippen molar-refractivity contribution >= 4 is 6.29 Å². The first-order chi connectivity index (χ1) is 4.27. The summed E-state index contributed by atoms with van der Waals surface area (Å²) >= 11 is 0. The number of alkyl halides is 2. The molecule has 0 unspecified atom stereocenters. The van der Waals surface area contributed by atoms with Crippen LogP contribution < -0.4 is 0 Å². The van der Waals surface area contributed by atoms with E-state index < -0.39 is 11.3 Å². The van der Waals surface area contributed by atoms with Crippen molar-refractivity contribution in [2.75, 3.05) is 0 Å². The number of rotatable bonds is 3. The molecule has 0 aromatic heterocycles. The van der Waals surface area contributed by atoms with Crippen molar-refractivity contribution in [2.24, 2.45) is 5.41 Å². The summed E-state index contributed by atoms with van der Waals surface area (Å²) in [5.74, 6) is -2.75. The van der Waals surface area contributed by atoms with E-state index in [2.05, 4.69) is 0 Å². The largest absolute Gasteiger partial charge is 0.303 e. The fourth-order valence-electron chi connectivity index (χ4n) is 0.842. The quantitative estimate of drug-likeness (QED) is 0.564. The molecule has 0 heterocycles. The first kappa shape index (κ1) is 9.53. The number of carbonyl (C=O) groups excluding carboxylic acids is 1. The highest BCUT2D eigenvalue weighted by Gasteiger charge is 2.31. The molecule has 0 radical (unpaired) electrons. The van der Waals surface area contributed by atoms with Gasteiger partial charge in [0.2, 0.25) is 5.92 Å². The summed E-state index contributed by atoms with van der Waals surface area (Å²) in [6, 6.07) is 0. The lowest BCUT2D eigenvalue weighted by Gasteiger charge is -2.20. The predicted octanol–water partition coefficient (Wildman–Crippen LogP) is 2.26. The second-order valence-electron chi connectivity index (χ2n) is 3.35. The third-order valence-corrected chi connectivity index (χ3v) is 1.09. The molecule has 0 amide bonds. The van der Waals surface area contributed by atoms with E-state index in [0.717, 1.165) is 6.92 Å². The number of carbonyl (C=O) groups is 1. The van der Waals surface area contributed by atoms with Gasteiger partial charge in [0.1, 0.15) is 6.29 Å². The summed E-state index contributed by atoms with van der Waals surface area (Å²) < 4.78 is 24.5. The van der Waals surface area contributed by atoms with Crippen molar-refractivity contribution < 1.29 is 13.6 Å². The minimum absolute atomic E-state index is 0.385. The van der Waals surface area contributed by atoms with Crippen molar-refractivity contribution in [1.29, 1.82) is 0 Å². The minimum atomic E-state index is -2.75. The first-order valence-electron chi connectivity index (χ1n) is 3.11. The number of aldehydes is 1. The Morgan fingerprint density at radius 2 is 1.70 bits per heavy atom. The Labute approximate surface area is 59.4 Å². The molecular formula is C7H12F2O. The van der Waals surface area contributed by atoms with E-state index in [4.69, 9.17) is 0 Å². The normalized spacial score (nSPS) is 13.3. The van der Waals surface area contributed by atoms with Gasteiger partial charge in [-0.2, -0.15) is 0 Å². The highest BCUT2D eigenvalue weighted by atomic mass is 19.3. The summed E-state index contributed by atoms with van der Waals surface area (Å²) in [5, 5.41) is 0. The molecule has 0 saturated carbocycles. The molecule has 0 N–H and O–H groups in total. The van der Waals surface area contributed by atoms with Crippen molar-refractivity contribution in [1.82, 2.24) is 0 Å². The van der Waals surface area contributed by atoms with Gasteiger partial charge >= 0.3 is 0 Å². The zero-order chi connectivity index (χ0) is 8.41. The Balaban J connectivity index is 4.01. The van der Waals surface area contributed by atoms with Gasteiger partial charge in [0, 0.05) is 11.8 Å². The predicted molar refractivity (Wildman–Crippen MR) is 35.1 cm³/mol. The number of hydrogen-bond donors (Lipinski definition) is 0. The molecule has 1 nitrogen and oxygen atoms in total. The van der Waals surface area contributed by atoms with E-state index in [1.165, 1.54) is 13.8 Å². The Bertz CT molecular complexity index is 124. The molecule has 0 aliphatic rings. The second kappa shape index (κ2) is 2.64. The lowest BCUT2D eigenvalue weighted by atomic mass is 9.89. The maximum atomic E-state index is 12.2. The molecule has 0 spiro atoms. The summed E-state index contributed by atoms with van der Waals surface area (Å²) in [6.45, 7) is 3.81. The summed E-state index contributed by atoms with van der Waals surface area (Å²) in [4.78, 5) is 10.2. The standard InChI is InChI=1S/C7H12F2O/c1-6(2,5-10)4-7(3,8)9/h5H,4H2,1-3H3. The van der Waals surface area contributed by atoms with Crippen LogP contribution in [0.1, 0.15) is 27.2 Å². The highest BCUT2D eigenvalue weighted by Crippen LogP contribution is 2.29.